The predicted molar refractivity (Wildman–Crippen MR) is 120 cm³/mol. The van der Waals surface area contributed by atoms with E-state index in [2.05, 4.69) is 11.4 Å². The van der Waals surface area contributed by atoms with Gasteiger partial charge in [-0.05, 0) is 82.7 Å². The van der Waals surface area contributed by atoms with Gasteiger partial charge < -0.3 is 5.32 Å². The van der Waals surface area contributed by atoms with Crippen LogP contribution in [-0.4, -0.2) is 25.6 Å². The molecule has 0 aliphatic rings. The average molecular weight is 416 g/mol. The average Bonchev–Trinajstić information content (AvgIpc) is 2.62. The summed E-state index contributed by atoms with van der Waals surface area (Å²) in [4.78, 5) is 12.5. The lowest BCUT2D eigenvalue weighted by Gasteiger charge is -2.15. The number of rotatable bonds is 8. The molecule has 0 atom stereocenters. The van der Waals surface area contributed by atoms with Crippen LogP contribution in [0.3, 0.4) is 0 Å². The standard InChI is InChI=1S/C24H33NO3S/c1-16(2)25-24(26)23-14-18(5)13-22(19(23)6)12-11-20-7-9-21(10-8-20)15-29(27,28)17(3)4/h7-10,13-14,16-17H,11-12,15H2,1-6H3,(H,25,26). The van der Waals surface area contributed by atoms with Crippen molar-refractivity contribution in [3.05, 3.63) is 69.8 Å². The summed E-state index contributed by atoms with van der Waals surface area (Å²) >= 11 is 0. The normalized spacial score (nSPS) is 11.9. The van der Waals surface area contributed by atoms with E-state index in [4.69, 9.17) is 0 Å². The van der Waals surface area contributed by atoms with Gasteiger partial charge in [-0.2, -0.15) is 0 Å². The molecule has 0 unspecified atom stereocenters. The Bertz CT molecular complexity index is 958. The summed E-state index contributed by atoms with van der Waals surface area (Å²) in [6.07, 6.45) is 1.67. The van der Waals surface area contributed by atoms with Gasteiger partial charge in [-0.3, -0.25) is 4.79 Å². The number of amides is 1. The van der Waals surface area contributed by atoms with Crippen molar-refractivity contribution in [3.63, 3.8) is 0 Å². The monoisotopic (exact) mass is 415 g/mol. The van der Waals surface area contributed by atoms with E-state index in [1.54, 1.807) is 13.8 Å². The Hall–Kier alpha value is -2.14. The van der Waals surface area contributed by atoms with Crippen LogP contribution in [0.2, 0.25) is 0 Å². The molecule has 0 aromatic heterocycles. The minimum absolute atomic E-state index is 0.0295. The van der Waals surface area contributed by atoms with Crippen LogP contribution in [0.5, 0.6) is 0 Å². The summed E-state index contributed by atoms with van der Waals surface area (Å²) in [5.41, 5.74) is 5.99. The van der Waals surface area contributed by atoms with E-state index >= 15 is 0 Å². The maximum absolute atomic E-state index is 12.5. The molecule has 0 aliphatic carbocycles. The number of carbonyl (C=O) groups is 1. The molecule has 4 nitrogen and oxygen atoms in total. The Balaban J connectivity index is 2.12. The maximum atomic E-state index is 12.5. The van der Waals surface area contributed by atoms with E-state index in [1.165, 1.54) is 5.56 Å². The zero-order valence-corrected chi connectivity index (χ0v) is 19.2. The van der Waals surface area contributed by atoms with Gasteiger partial charge >= 0.3 is 0 Å². The Morgan fingerprint density at radius 3 is 2.07 bits per heavy atom. The van der Waals surface area contributed by atoms with Crippen molar-refractivity contribution in [2.75, 3.05) is 0 Å². The number of nitrogens with one attached hydrogen (secondary N) is 1. The number of benzene rings is 2. The molecule has 0 saturated carbocycles. The molecule has 1 N–H and O–H groups in total. The highest BCUT2D eigenvalue weighted by molar-refractivity contribution is 7.91. The van der Waals surface area contributed by atoms with E-state index in [0.717, 1.165) is 40.7 Å². The van der Waals surface area contributed by atoms with Crippen molar-refractivity contribution in [3.8, 4) is 0 Å². The molecule has 29 heavy (non-hydrogen) atoms. The summed E-state index contributed by atoms with van der Waals surface area (Å²) in [5.74, 6) is 0.0501. The topological polar surface area (TPSA) is 63.2 Å². The second kappa shape index (κ2) is 9.57. The molecule has 0 heterocycles. The van der Waals surface area contributed by atoms with Gasteiger partial charge in [0.05, 0.1) is 11.0 Å². The van der Waals surface area contributed by atoms with Gasteiger partial charge in [0, 0.05) is 11.6 Å². The van der Waals surface area contributed by atoms with Gasteiger partial charge in [-0.1, -0.05) is 35.9 Å². The first-order chi connectivity index (χ1) is 13.5. The van der Waals surface area contributed by atoms with Crippen LogP contribution in [0.15, 0.2) is 36.4 Å². The molecule has 2 aromatic carbocycles. The van der Waals surface area contributed by atoms with Crippen LogP contribution >= 0.6 is 0 Å². The largest absolute Gasteiger partial charge is 0.350 e. The van der Waals surface area contributed by atoms with Gasteiger partial charge in [0.15, 0.2) is 9.84 Å². The number of carbonyl (C=O) groups excluding carboxylic acids is 1. The fourth-order valence-corrected chi connectivity index (χ4v) is 4.24. The highest BCUT2D eigenvalue weighted by Gasteiger charge is 2.17. The molecule has 0 aliphatic heterocycles. The third-order valence-corrected chi connectivity index (χ3v) is 7.29. The predicted octanol–water partition coefficient (Wildman–Crippen LogP) is 4.55. The van der Waals surface area contributed by atoms with E-state index in [1.807, 2.05) is 58.0 Å². The van der Waals surface area contributed by atoms with Crippen LogP contribution in [0.1, 0.15) is 65.9 Å². The minimum atomic E-state index is -3.09. The van der Waals surface area contributed by atoms with Crippen LogP contribution < -0.4 is 5.32 Å². The van der Waals surface area contributed by atoms with Crippen molar-refractivity contribution in [1.82, 2.24) is 5.32 Å². The number of aryl methyl sites for hydroxylation is 3. The third-order valence-electron chi connectivity index (χ3n) is 5.12. The molecular formula is C24H33NO3S. The Morgan fingerprint density at radius 2 is 1.52 bits per heavy atom. The van der Waals surface area contributed by atoms with Gasteiger partial charge in [0.25, 0.3) is 5.91 Å². The second-order valence-electron chi connectivity index (χ2n) is 8.40. The number of hydrogen-bond acceptors (Lipinski definition) is 3. The summed E-state index contributed by atoms with van der Waals surface area (Å²) < 4.78 is 24.2. The first kappa shape index (κ1) is 23.1. The molecular weight excluding hydrogens is 382 g/mol. The molecule has 158 valence electrons. The number of sulfone groups is 1. The summed E-state index contributed by atoms with van der Waals surface area (Å²) in [7, 11) is -3.09. The zero-order chi connectivity index (χ0) is 21.8. The van der Waals surface area contributed by atoms with Crippen molar-refractivity contribution in [1.29, 1.82) is 0 Å². The first-order valence-corrected chi connectivity index (χ1v) is 11.9. The zero-order valence-electron chi connectivity index (χ0n) is 18.4. The van der Waals surface area contributed by atoms with Crippen LogP contribution in [0.25, 0.3) is 0 Å². The molecule has 0 fully saturated rings. The molecule has 0 bridgehead atoms. The van der Waals surface area contributed by atoms with E-state index in [-0.39, 0.29) is 23.0 Å². The smallest absolute Gasteiger partial charge is 0.251 e. The molecule has 2 aromatic rings. The molecule has 2 rings (SSSR count). The van der Waals surface area contributed by atoms with Crippen LogP contribution in [-0.2, 0) is 28.4 Å². The van der Waals surface area contributed by atoms with Gasteiger partial charge in [0.2, 0.25) is 0 Å². The van der Waals surface area contributed by atoms with Gasteiger partial charge in [-0.25, -0.2) is 8.42 Å². The van der Waals surface area contributed by atoms with Crippen molar-refractivity contribution in [2.24, 2.45) is 0 Å². The Labute approximate surface area is 175 Å². The van der Waals surface area contributed by atoms with E-state index in [9.17, 15) is 13.2 Å². The minimum Gasteiger partial charge on any atom is -0.350 e. The SMILES string of the molecule is Cc1cc(CCc2ccc(CS(=O)(=O)C(C)C)cc2)c(C)c(C(=O)NC(C)C)c1. The first-order valence-electron chi connectivity index (χ1n) is 10.2. The summed E-state index contributed by atoms with van der Waals surface area (Å²) in [6.45, 7) is 11.4. The van der Waals surface area contributed by atoms with Crippen LogP contribution in [0.4, 0.5) is 0 Å². The Morgan fingerprint density at radius 1 is 0.931 bits per heavy atom. The second-order valence-corrected chi connectivity index (χ2v) is 11.0. The van der Waals surface area contributed by atoms with Crippen LogP contribution in [0, 0.1) is 13.8 Å². The summed E-state index contributed by atoms with van der Waals surface area (Å²) in [5, 5.41) is 2.61. The third kappa shape index (κ3) is 6.43. The lowest BCUT2D eigenvalue weighted by Crippen LogP contribution is -2.30. The number of hydrogen-bond donors (Lipinski definition) is 1. The lowest BCUT2D eigenvalue weighted by molar-refractivity contribution is 0.0942. The quantitative estimate of drug-likeness (QED) is 0.688. The lowest BCUT2D eigenvalue weighted by atomic mass is 9.94. The molecule has 5 heteroatoms. The van der Waals surface area contributed by atoms with E-state index < -0.39 is 9.84 Å². The maximum Gasteiger partial charge on any atom is 0.251 e. The molecule has 1 amide bonds. The van der Waals surface area contributed by atoms with Gasteiger partial charge in [0.1, 0.15) is 0 Å². The van der Waals surface area contributed by atoms with Crippen molar-refractivity contribution >= 4 is 15.7 Å². The molecule has 0 saturated heterocycles. The van der Waals surface area contributed by atoms with Crippen molar-refractivity contribution in [2.45, 2.75) is 71.4 Å². The molecule has 0 radical (unpaired) electrons. The summed E-state index contributed by atoms with van der Waals surface area (Å²) in [6, 6.07) is 12.0. The highest BCUT2D eigenvalue weighted by atomic mass is 32.2. The fraction of sp³-hybridized carbons (Fsp3) is 0.458. The van der Waals surface area contributed by atoms with Crippen molar-refractivity contribution < 1.29 is 13.2 Å². The fourth-order valence-electron chi connectivity index (χ4n) is 3.25. The van der Waals surface area contributed by atoms with Gasteiger partial charge in [-0.15, -0.1) is 0 Å². The molecule has 0 spiro atoms. The Kier molecular flexibility index (Phi) is 7.64. The van der Waals surface area contributed by atoms with E-state index in [0.29, 0.717) is 0 Å². The highest BCUT2D eigenvalue weighted by Crippen LogP contribution is 2.20.